The molecule has 1 aliphatic heterocycles. The Morgan fingerprint density at radius 2 is 1.95 bits per heavy atom. The second kappa shape index (κ2) is 5.14. The van der Waals surface area contributed by atoms with Crippen LogP contribution < -0.4 is 10.1 Å². The van der Waals surface area contributed by atoms with E-state index in [-0.39, 0.29) is 5.60 Å². The Morgan fingerprint density at radius 3 is 2.68 bits per heavy atom. The topological polar surface area (TPSA) is 24.5 Å². The molecule has 0 bridgehead atoms. The second-order valence-corrected chi connectivity index (χ2v) is 6.19. The molecule has 3 rings (SSSR count). The first kappa shape index (κ1) is 12.9. The zero-order valence-electron chi connectivity index (χ0n) is 12.0. The van der Waals surface area contributed by atoms with Gasteiger partial charge in [-0.2, -0.15) is 0 Å². The van der Waals surface area contributed by atoms with Crippen LogP contribution in [-0.2, 0) is 6.54 Å². The van der Waals surface area contributed by atoms with Gasteiger partial charge in [-0.1, -0.05) is 18.2 Å². The van der Waals surface area contributed by atoms with E-state index in [1.165, 1.54) is 18.4 Å². The van der Waals surface area contributed by atoms with Crippen molar-refractivity contribution in [1.82, 2.24) is 10.2 Å². The summed E-state index contributed by atoms with van der Waals surface area (Å²) in [4.78, 5) is 2.35. The monoisotopic (exact) mass is 260 g/mol. The molecule has 104 valence electrons. The van der Waals surface area contributed by atoms with E-state index in [2.05, 4.69) is 48.6 Å². The highest BCUT2D eigenvalue weighted by Gasteiger charge is 2.39. The van der Waals surface area contributed by atoms with Crippen LogP contribution in [-0.4, -0.2) is 37.2 Å². The molecular weight excluding hydrogens is 236 g/mol. The van der Waals surface area contributed by atoms with Crippen LogP contribution in [0.3, 0.4) is 0 Å². The minimum atomic E-state index is 0.0130. The normalized spacial score (nSPS) is 30.8. The first-order valence-corrected chi connectivity index (χ1v) is 7.33. The molecule has 1 spiro atoms. The molecule has 0 saturated heterocycles. The Balaban J connectivity index is 1.76. The molecule has 0 amide bonds. The Labute approximate surface area is 115 Å². The minimum Gasteiger partial charge on any atom is -0.486 e. The third-order valence-corrected chi connectivity index (χ3v) is 4.66. The van der Waals surface area contributed by atoms with Gasteiger partial charge < -0.3 is 15.0 Å². The van der Waals surface area contributed by atoms with Crippen LogP contribution in [0.4, 0.5) is 0 Å². The maximum atomic E-state index is 6.43. The summed E-state index contributed by atoms with van der Waals surface area (Å²) < 4.78 is 6.43. The quantitative estimate of drug-likeness (QED) is 0.839. The summed E-state index contributed by atoms with van der Waals surface area (Å²) in [7, 11) is 4.37. The SMILES string of the molecule is CN(C)C1CCC2(CC1)CNCc1ccccc1O2. The first-order chi connectivity index (χ1) is 9.19. The zero-order chi connectivity index (χ0) is 13.3. The van der Waals surface area contributed by atoms with Crippen molar-refractivity contribution in [3.05, 3.63) is 29.8 Å². The van der Waals surface area contributed by atoms with Crippen molar-refractivity contribution in [2.24, 2.45) is 0 Å². The Bertz CT molecular complexity index is 436. The minimum absolute atomic E-state index is 0.0130. The van der Waals surface area contributed by atoms with Crippen molar-refractivity contribution >= 4 is 0 Å². The largest absolute Gasteiger partial charge is 0.486 e. The van der Waals surface area contributed by atoms with Gasteiger partial charge in [-0.3, -0.25) is 0 Å². The van der Waals surface area contributed by atoms with Crippen molar-refractivity contribution < 1.29 is 4.74 Å². The van der Waals surface area contributed by atoms with Crippen LogP contribution in [0.5, 0.6) is 5.75 Å². The number of fused-ring (bicyclic) bond motifs is 1. The Kier molecular flexibility index (Phi) is 3.50. The fourth-order valence-corrected chi connectivity index (χ4v) is 3.37. The number of rotatable bonds is 1. The summed E-state index contributed by atoms with van der Waals surface area (Å²) in [5.41, 5.74) is 1.30. The summed E-state index contributed by atoms with van der Waals surface area (Å²) in [6.07, 6.45) is 4.77. The molecule has 1 aromatic rings. The van der Waals surface area contributed by atoms with Gasteiger partial charge >= 0.3 is 0 Å². The Morgan fingerprint density at radius 1 is 1.21 bits per heavy atom. The maximum Gasteiger partial charge on any atom is 0.124 e. The molecular formula is C16H24N2O. The molecule has 1 fully saturated rings. The number of nitrogens with one attached hydrogen (secondary N) is 1. The molecule has 0 radical (unpaired) electrons. The summed E-state index contributed by atoms with van der Waals surface area (Å²) in [5, 5.41) is 3.57. The van der Waals surface area contributed by atoms with E-state index in [1.54, 1.807) is 0 Å². The van der Waals surface area contributed by atoms with Crippen LogP contribution in [0.25, 0.3) is 0 Å². The Hall–Kier alpha value is -1.06. The lowest BCUT2D eigenvalue weighted by Crippen LogP contribution is -2.49. The molecule has 0 unspecified atom stereocenters. The van der Waals surface area contributed by atoms with Crippen LogP contribution in [0.1, 0.15) is 31.2 Å². The molecule has 1 heterocycles. The van der Waals surface area contributed by atoms with Gasteiger partial charge in [0.2, 0.25) is 0 Å². The van der Waals surface area contributed by atoms with Crippen LogP contribution >= 0.6 is 0 Å². The average molecular weight is 260 g/mol. The number of hydrogen-bond acceptors (Lipinski definition) is 3. The smallest absolute Gasteiger partial charge is 0.124 e. The van der Waals surface area contributed by atoms with E-state index in [1.807, 2.05) is 0 Å². The van der Waals surface area contributed by atoms with Crippen molar-refractivity contribution in [1.29, 1.82) is 0 Å². The predicted molar refractivity (Wildman–Crippen MR) is 77.5 cm³/mol. The van der Waals surface area contributed by atoms with E-state index < -0.39 is 0 Å². The van der Waals surface area contributed by atoms with Gasteiger partial charge in [0.1, 0.15) is 11.4 Å². The molecule has 1 saturated carbocycles. The average Bonchev–Trinajstić information content (AvgIpc) is 2.58. The van der Waals surface area contributed by atoms with Crippen molar-refractivity contribution in [3.63, 3.8) is 0 Å². The lowest BCUT2D eigenvalue weighted by Gasteiger charge is -2.41. The maximum absolute atomic E-state index is 6.43. The van der Waals surface area contributed by atoms with Gasteiger partial charge in [0.25, 0.3) is 0 Å². The van der Waals surface area contributed by atoms with Gasteiger partial charge in [-0.25, -0.2) is 0 Å². The lowest BCUT2D eigenvalue weighted by molar-refractivity contribution is 0.0136. The number of nitrogens with zero attached hydrogens (tertiary/aromatic N) is 1. The van der Waals surface area contributed by atoms with Crippen LogP contribution in [0.15, 0.2) is 24.3 Å². The third-order valence-electron chi connectivity index (χ3n) is 4.66. The standard InChI is InChI=1S/C16H24N2O/c1-18(2)14-7-9-16(10-8-14)12-17-11-13-5-3-4-6-15(13)19-16/h3-6,14,17H,7-12H2,1-2H3. The molecule has 0 aromatic heterocycles. The molecule has 1 N–H and O–H groups in total. The van der Waals surface area contributed by atoms with Gasteiger partial charge in [0.05, 0.1) is 0 Å². The van der Waals surface area contributed by atoms with E-state index >= 15 is 0 Å². The number of benzene rings is 1. The molecule has 3 heteroatoms. The summed E-state index contributed by atoms with van der Waals surface area (Å²) in [6.45, 7) is 1.90. The van der Waals surface area contributed by atoms with E-state index in [0.717, 1.165) is 31.7 Å². The number of para-hydroxylation sites is 1. The fourth-order valence-electron chi connectivity index (χ4n) is 3.37. The predicted octanol–water partition coefficient (Wildman–Crippen LogP) is 2.41. The van der Waals surface area contributed by atoms with E-state index in [0.29, 0.717) is 6.04 Å². The highest BCUT2D eigenvalue weighted by molar-refractivity contribution is 5.34. The number of hydrogen-bond donors (Lipinski definition) is 1. The molecule has 2 aliphatic rings. The van der Waals surface area contributed by atoms with Crippen molar-refractivity contribution in [2.75, 3.05) is 20.6 Å². The molecule has 3 nitrogen and oxygen atoms in total. The highest BCUT2D eigenvalue weighted by atomic mass is 16.5. The fraction of sp³-hybridized carbons (Fsp3) is 0.625. The van der Waals surface area contributed by atoms with Crippen molar-refractivity contribution in [2.45, 2.75) is 43.9 Å². The lowest BCUT2D eigenvalue weighted by atomic mass is 9.81. The van der Waals surface area contributed by atoms with Crippen molar-refractivity contribution in [3.8, 4) is 5.75 Å². The van der Waals surface area contributed by atoms with Crippen LogP contribution in [0, 0.1) is 0 Å². The van der Waals surface area contributed by atoms with Gasteiger partial charge in [0.15, 0.2) is 0 Å². The molecule has 19 heavy (non-hydrogen) atoms. The molecule has 1 aromatic carbocycles. The summed E-state index contributed by atoms with van der Waals surface area (Å²) in [5.74, 6) is 1.08. The van der Waals surface area contributed by atoms with Crippen LogP contribution in [0.2, 0.25) is 0 Å². The number of ether oxygens (including phenoxy) is 1. The second-order valence-electron chi connectivity index (χ2n) is 6.19. The zero-order valence-corrected chi connectivity index (χ0v) is 12.0. The first-order valence-electron chi connectivity index (χ1n) is 7.33. The van der Waals surface area contributed by atoms with Gasteiger partial charge in [-0.15, -0.1) is 0 Å². The van der Waals surface area contributed by atoms with Gasteiger partial charge in [0, 0.05) is 24.7 Å². The highest BCUT2D eigenvalue weighted by Crippen LogP contribution is 2.36. The third kappa shape index (κ3) is 2.63. The molecule has 0 atom stereocenters. The molecule has 1 aliphatic carbocycles. The van der Waals surface area contributed by atoms with E-state index in [4.69, 9.17) is 4.74 Å². The van der Waals surface area contributed by atoms with Gasteiger partial charge in [-0.05, 0) is 45.8 Å². The summed E-state index contributed by atoms with van der Waals surface area (Å²) >= 11 is 0. The summed E-state index contributed by atoms with van der Waals surface area (Å²) in [6, 6.07) is 9.15. The van der Waals surface area contributed by atoms with E-state index in [9.17, 15) is 0 Å².